The zero-order valence-electron chi connectivity index (χ0n) is 16.7. The molecule has 0 aliphatic heterocycles. The molecule has 0 saturated carbocycles. The summed E-state index contributed by atoms with van der Waals surface area (Å²) in [4.78, 5) is 31.5. The topological polar surface area (TPSA) is 98.7 Å². The van der Waals surface area contributed by atoms with Gasteiger partial charge in [0.25, 0.3) is 11.6 Å². The van der Waals surface area contributed by atoms with E-state index in [1.807, 2.05) is 18.2 Å². The number of fused-ring (bicyclic) bond motifs is 1. The van der Waals surface area contributed by atoms with Gasteiger partial charge in [0.1, 0.15) is 5.69 Å². The molecule has 0 saturated heterocycles. The van der Waals surface area contributed by atoms with Crippen molar-refractivity contribution in [1.29, 1.82) is 0 Å². The molecule has 0 fully saturated rings. The summed E-state index contributed by atoms with van der Waals surface area (Å²) in [5.74, 6) is -0.565. The van der Waals surface area contributed by atoms with Gasteiger partial charge in [-0.15, -0.1) is 0 Å². The third-order valence-electron chi connectivity index (χ3n) is 4.72. The Morgan fingerprint density at radius 1 is 1.13 bits per heavy atom. The molecule has 4 rings (SSSR count). The predicted octanol–water partition coefficient (Wildman–Crippen LogP) is 4.00. The number of amides is 1. The van der Waals surface area contributed by atoms with Gasteiger partial charge >= 0.3 is 5.97 Å². The maximum absolute atomic E-state index is 13.0. The van der Waals surface area contributed by atoms with Crippen molar-refractivity contribution in [2.45, 2.75) is 20.0 Å². The summed E-state index contributed by atoms with van der Waals surface area (Å²) < 4.78 is 16.1. The van der Waals surface area contributed by atoms with Gasteiger partial charge in [0.15, 0.2) is 11.9 Å². The van der Waals surface area contributed by atoms with Gasteiger partial charge in [-0.1, -0.05) is 23.4 Å². The Kier molecular flexibility index (Phi) is 5.05. The van der Waals surface area contributed by atoms with E-state index in [4.69, 9.17) is 13.7 Å². The molecule has 0 bridgehead atoms. The number of hydrogen-bond acceptors (Lipinski definition) is 7. The molecule has 3 aromatic heterocycles. The molecule has 0 aliphatic carbocycles. The van der Waals surface area contributed by atoms with Gasteiger partial charge in [0.05, 0.1) is 22.9 Å². The number of esters is 1. The van der Waals surface area contributed by atoms with Crippen LogP contribution in [0, 0.1) is 6.92 Å². The number of nitrogens with zero attached hydrogens (tertiary/aromatic N) is 3. The number of anilines is 1. The fourth-order valence-electron chi connectivity index (χ4n) is 3.13. The minimum atomic E-state index is -1.00. The molecule has 0 aliphatic rings. The fraction of sp³-hybridized carbons (Fsp3) is 0.182. The highest BCUT2D eigenvalue weighted by atomic mass is 16.5. The molecule has 0 spiro atoms. The van der Waals surface area contributed by atoms with E-state index < -0.39 is 12.1 Å². The van der Waals surface area contributed by atoms with E-state index in [1.165, 1.54) is 18.1 Å². The van der Waals surface area contributed by atoms with E-state index in [2.05, 4.69) is 10.1 Å². The van der Waals surface area contributed by atoms with Crippen LogP contribution >= 0.6 is 0 Å². The molecule has 0 N–H and O–H groups in total. The van der Waals surface area contributed by atoms with Gasteiger partial charge in [-0.2, -0.15) is 0 Å². The maximum Gasteiger partial charge on any atom is 0.339 e. The molecule has 1 amide bonds. The molecule has 8 nitrogen and oxygen atoms in total. The summed E-state index contributed by atoms with van der Waals surface area (Å²) in [5, 5.41) is 4.33. The standard InChI is InChI=1S/C22H19N3O5/c1-13-19-16(12-17(18-10-7-11-28-18)23-20(19)30-24-13)22(27)29-14(2)21(26)25(3)15-8-5-4-6-9-15/h4-12,14H,1-3H3/t14-/m0/s1. The predicted molar refractivity (Wildman–Crippen MR) is 109 cm³/mol. The van der Waals surface area contributed by atoms with Crippen LogP contribution in [0.25, 0.3) is 22.6 Å². The van der Waals surface area contributed by atoms with Crippen molar-refractivity contribution in [1.82, 2.24) is 10.1 Å². The molecular weight excluding hydrogens is 386 g/mol. The second-order valence-electron chi connectivity index (χ2n) is 6.76. The lowest BCUT2D eigenvalue weighted by atomic mass is 10.1. The van der Waals surface area contributed by atoms with Crippen molar-refractivity contribution in [3.63, 3.8) is 0 Å². The third kappa shape index (κ3) is 3.55. The molecule has 1 atom stereocenters. The number of rotatable bonds is 5. The molecule has 30 heavy (non-hydrogen) atoms. The first-order chi connectivity index (χ1) is 14.5. The summed E-state index contributed by atoms with van der Waals surface area (Å²) in [6.07, 6.45) is 0.503. The van der Waals surface area contributed by atoms with Crippen molar-refractivity contribution in [2.75, 3.05) is 11.9 Å². The first kappa shape index (κ1) is 19.4. The highest BCUT2D eigenvalue weighted by Crippen LogP contribution is 2.28. The Morgan fingerprint density at radius 3 is 2.60 bits per heavy atom. The number of furan rings is 1. The quantitative estimate of drug-likeness (QED) is 0.463. The van der Waals surface area contributed by atoms with Gasteiger partial charge in [0, 0.05) is 12.7 Å². The Morgan fingerprint density at radius 2 is 1.90 bits per heavy atom. The van der Waals surface area contributed by atoms with E-state index in [9.17, 15) is 9.59 Å². The molecule has 3 heterocycles. The number of ether oxygens (including phenoxy) is 1. The van der Waals surface area contributed by atoms with Crippen LogP contribution in [0.3, 0.4) is 0 Å². The normalized spacial score (nSPS) is 12.0. The van der Waals surface area contributed by atoms with Gasteiger partial charge in [-0.05, 0) is 44.2 Å². The zero-order valence-corrected chi connectivity index (χ0v) is 16.7. The molecule has 0 unspecified atom stereocenters. The van der Waals surface area contributed by atoms with Gasteiger partial charge in [-0.3, -0.25) is 4.79 Å². The lowest BCUT2D eigenvalue weighted by Crippen LogP contribution is -2.37. The van der Waals surface area contributed by atoms with Crippen molar-refractivity contribution in [3.8, 4) is 11.5 Å². The average Bonchev–Trinajstić information content (AvgIpc) is 3.43. The maximum atomic E-state index is 13.0. The number of carbonyl (C=O) groups excluding carboxylic acids is 2. The summed E-state index contributed by atoms with van der Waals surface area (Å²) in [6.45, 7) is 3.24. The summed E-state index contributed by atoms with van der Waals surface area (Å²) in [7, 11) is 1.63. The van der Waals surface area contributed by atoms with Gasteiger partial charge in [0.2, 0.25) is 0 Å². The van der Waals surface area contributed by atoms with E-state index >= 15 is 0 Å². The zero-order chi connectivity index (χ0) is 21.3. The number of likely N-dealkylation sites (N-methyl/N-ethyl adjacent to an activating group) is 1. The number of pyridine rings is 1. The van der Waals surface area contributed by atoms with Crippen LogP contribution in [-0.4, -0.2) is 35.2 Å². The van der Waals surface area contributed by atoms with Crippen LogP contribution in [0.2, 0.25) is 0 Å². The summed E-state index contributed by atoms with van der Waals surface area (Å²) >= 11 is 0. The van der Waals surface area contributed by atoms with Crippen LogP contribution in [0.5, 0.6) is 0 Å². The monoisotopic (exact) mass is 405 g/mol. The first-order valence-corrected chi connectivity index (χ1v) is 9.30. The lowest BCUT2D eigenvalue weighted by Gasteiger charge is -2.21. The highest BCUT2D eigenvalue weighted by molar-refractivity contribution is 6.05. The van der Waals surface area contributed by atoms with E-state index in [0.717, 1.165) is 0 Å². The summed E-state index contributed by atoms with van der Waals surface area (Å²) in [5.41, 5.74) is 1.99. The van der Waals surface area contributed by atoms with E-state index in [1.54, 1.807) is 44.3 Å². The van der Waals surface area contributed by atoms with Gasteiger partial charge < -0.3 is 18.6 Å². The highest BCUT2D eigenvalue weighted by Gasteiger charge is 2.26. The van der Waals surface area contributed by atoms with E-state index in [0.29, 0.717) is 28.2 Å². The SMILES string of the molecule is Cc1noc2nc(-c3ccco3)cc(C(=O)O[C@@H](C)C(=O)N(C)c3ccccc3)c12. The van der Waals surface area contributed by atoms with Crippen LogP contribution in [0.15, 0.2) is 63.7 Å². The van der Waals surface area contributed by atoms with Crippen molar-refractivity contribution in [2.24, 2.45) is 0 Å². The second-order valence-corrected chi connectivity index (χ2v) is 6.76. The van der Waals surface area contributed by atoms with E-state index in [-0.39, 0.29) is 17.2 Å². The lowest BCUT2D eigenvalue weighted by molar-refractivity contribution is -0.126. The minimum absolute atomic E-state index is 0.189. The number of carbonyl (C=O) groups is 2. The molecular formula is C22H19N3O5. The largest absolute Gasteiger partial charge is 0.463 e. The number of aromatic nitrogens is 2. The second kappa shape index (κ2) is 7.82. The fourth-order valence-corrected chi connectivity index (χ4v) is 3.13. The molecule has 0 radical (unpaired) electrons. The first-order valence-electron chi connectivity index (χ1n) is 9.30. The van der Waals surface area contributed by atoms with Crippen LogP contribution in [0.4, 0.5) is 5.69 Å². The van der Waals surface area contributed by atoms with Crippen molar-refractivity contribution >= 4 is 28.7 Å². The molecule has 8 heteroatoms. The third-order valence-corrected chi connectivity index (χ3v) is 4.72. The smallest absolute Gasteiger partial charge is 0.339 e. The van der Waals surface area contributed by atoms with Gasteiger partial charge in [-0.25, -0.2) is 9.78 Å². The van der Waals surface area contributed by atoms with Crippen LogP contribution < -0.4 is 4.90 Å². The minimum Gasteiger partial charge on any atom is -0.463 e. The van der Waals surface area contributed by atoms with Crippen LogP contribution in [0.1, 0.15) is 23.0 Å². The molecule has 4 aromatic rings. The Hall–Kier alpha value is -3.94. The average molecular weight is 405 g/mol. The number of benzene rings is 1. The van der Waals surface area contributed by atoms with Crippen LogP contribution in [-0.2, 0) is 9.53 Å². The number of aryl methyl sites for hydroxylation is 1. The Bertz CT molecular complexity index is 1200. The Labute approximate surface area is 172 Å². The molecule has 152 valence electrons. The molecule has 1 aromatic carbocycles. The van der Waals surface area contributed by atoms with Crippen molar-refractivity contribution in [3.05, 3.63) is 66.1 Å². The summed E-state index contributed by atoms with van der Waals surface area (Å²) in [6, 6.07) is 14.1. The van der Waals surface area contributed by atoms with Crippen molar-refractivity contribution < 1.29 is 23.3 Å². The Balaban J connectivity index is 1.63. The number of hydrogen-bond donors (Lipinski definition) is 0. The number of para-hydroxylation sites is 1.